The summed E-state index contributed by atoms with van der Waals surface area (Å²) in [5.74, 6) is 2.51. The maximum Gasteiger partial charge on any atom is 0.143 e. The second kappa shape index (κ2) is 6.96. The Hall–Kier alpha value is -1.59. The summed E-state index contributed by atoms with van der Waals surface area (Å²) < 4.78 is 12.5. The van der Waals surface area contributed by atoms with E-state index in [2.05, 4.69) is 46.0 Å². The predicted molar refractivity (Wildman–Crippen MR) is 101 cm³/mol. The Labute approximate surface area is 157 Å². The fourth-order valence-electron chi connectivity index (χ4n) is 3.48. The topological polar surface area (TPSA) is 34.6 Å². The van der Waals surface area contributed by atoms with Gasteiger partial charge in [-0.2, -0.15) is 0 Å². The van der Waals surface area contributed by atoms with Gasteiger partial charge in [0, 0.05) is 13.1 Å². The molecular formula is C20H23BrN2O2. The van der Waals surface area contributed by atoms with E-state index in [4.69, 9.17) is 14.5 Å². The van der Waals surface area contributed by atoms with Crippen LogP contribution in [0.4, 0.5) is 0 Å². The van der Waals surface area contributed by atoms with Crippen molar-refractivity contribution in [3.63, 3.8) is 0 Å². The van der Waals surface area contributed by atoms with Crippen LogP contribution >= 0.6 is 15.9 Å². The molecule has 0 spiro atoms. The molecule has 2 heterocycles. The minimum Gasteiger partial charge on any atom is -0.497 e. The zero-order valence-electron chi connectivity index (χ0n) is 14.6. The zero-order valence-corrected chi connectivity index (χ0v) is 16.2. The molecule has 1 aliphatic heterocycles. The summed E-state index contributed by atoms with van der Waals surface area (Å²) in [6.45, 7) is 4.04. The van der Waals surface area contributed by atoms with Crippen molar-refractivity contribution in [2.45, 2.75) is 38.5 Å². The van der Waals surface area contributed by atoms with Gasteiger partial charge in [0.25, 0.3) is 0 Å². The molecule has 4 nitrogen and oxygen atoms in total. The second-order valence-corrected chi connectivity index (χ2v) is 7.78. The van der Waals surface area contributed by atoms with Gasteiger partial charge in [-0.15, -0.1) is 0 Å². The molecule has 0 bridgehead atoms. The van der Waals surface area contributed by atoms with Crippen LogP contribution in [0.2, 0.25) is 0 Å². The first kappa shape index (κ1) is 16.9. The quantitative estimate of drug-likeness (QED) is 0.700. The van der Waals surface area contributed by atoms with Gasteiger partial charge in [-0.05, 0) is 71.4 Å². The standard InChI is InChI=1S/C20H23BrN2O2/c1-13-20-17(9-10-19(21)22-20)25-18(15-5-6-15)12-23(13)11-14-3-7-16(24-2)8-4-14/h3-4,7-10,13,15,18H,5-6,11-12H2,1-2H3/t13?,18-/m0/s1. The minimum absolute atomic E-state index is 0.207. The summed E-state index contributed by atoms with van der Waals surface area (Å²) in [5, 5.41) is 0. The van der Waals surface area contributed by atoms with E-state index >= 15 is 0 Å². The molecule has 1 aromatic carbocycles. The van der Waals surface area contributed by atoms with E-state index in [0.717, 1.165) is 34.9 Å². The molecule has 2 aliphatic rings. The monoisotopic (exact) mass is 402 g/mol. The molecule has 0 radical (unpaired) electrons. The first-order chi connectivity index (χ1) is 12.1. The van der Waals surface area contributed by atoms with Crippen molar-refractivity contribution >= 4 is 15.9 Å². The molecule has 0 saturated heterocycles. The molecule has 1 aliphatic carbocycles. The fraction of sp³-hybridized carbons (Fsp3) is 0.450. The second-order valence-electron chi connectivity index (χ2n) is 6.96. The average Bonchev–Trinajstić information content (AvgIpc) is 3.46. The number of nitrogens with zero attached hydrogens (tertiary/aromatic N) is 2. The third-order valence-electron chi connectivity index (χ3n) is 5.18. The van der Waals surface area contributed by atoms with E-state index < -0.39 is 0 Å². The lowest BCUT2D eigenvalue weighted by atomic mass is 10.1. The largest absolute Gasteiger partial charge is 0.497 e. The highest BCUT2D eigenvalue weighted by atomic mass is 79.9. The van der Waals surface area contributed by atoms with Crippen LogP contribution in [0.5, 0.6) is 11.5 Å². The molecule has 5 heteroatoms. The van der Waals surface area contributed by atoms with Crippen LogP contribution in [0, 0.1) is 5.92 Å². The summed E-state index contributed by atoms with van der Waals surface area (Å²) >= 11 is 3.50. The average molecular weight is 403 g/mol. The highest BCUT2D eigenvalue weighted by Gasteiger charge is 2.38. The summed E-state index contributed by atoms with van der Waals surface area (Å²) in [6, 6.07) is 12.5. The van der Waals surface area contributed by atoms with Crippen molar-refractivity contribution in [3.8, 4) is 11.5 Å². The van der Waals surface area contributed by atoms with Crippen LogP contribution in [-0.4, -0.2) is 29.6 Å². The van der Waals surface area contributed by atoms with Crippen LogP contribution in [-0.2, 0) is 6.54 Å². The highest BCUT2D eigenvalue weighted by Crippen LogP contribution is 2.41. The molecular weight excluding hydrogens is 380 g/mol. The van der Waals surface area contributed by atoms with E-state index in [0.29, 0.717) is 5.92 Å². The number of aromatic nitrogens is 1. The first-order valence-corrected chi connectivity index (χ1v) is 9.63. The van der Waals surface area contributed by atoms with Gasteiger partial charge in [0.05, 0.1) is 13.2 Å². The van der Waals surface area contributed by atoms with E-state index in [1.54, 1.807) is 7.11 Å². The van der Waals surface area contributed by atoms with Crippen molar-refractivity contribution in [2.24, 2.45) is 5.92 Å². The zero-order chi connectivity index (χ0) is 17.4. The minimum atomic E-state index is 0.207. The molecule has 4 rings (SSSR count). The number of methoxy groups -OCH3 is 1. The number of hydrogen-bond acceptors (Lipinski definition) is 4. The van der Waals surface area contributed by atoms with Gasteiger partial charge in [0.1, 0.15) is 27.9 Å². The van der Waals surface area contributed by atoms with Gasteiger partial charge in [0.2, 0.25) is 0 Å². The molecule has 2 atom stereocenters. The molecule has 0 N–H and O–H groups in total. The van der Waals surface area contributed by atoms with Gasteiger partial charge >= 0.3 is 0 Å². The summed E-state index contributed by atoms with van der Waals surface area (Å²) in [5.41, 5.74) is 2.30. The smallest absolute Gasteiger partial charge is 0.143 e. The van der Waals surface area contributed by atoms with Gasteiger partial charge in [0.15, 0.2) is 0 Å². The van der Waals surface area contributed by atoms with Crippen molar-refractivity contribution in [2.75, 3.05) is 13.7 Å². The lowest BCUT2D eigenvalue weighted by Crippen LogP contribution is -2.35. The predicted octanol–water partition coefficient (Wildman–Crippen LogP) is 4.59. The van der Waals surface area contributed by atoms with Gasteiger partial charge < -0.3 is 9.47 Å². The van der Waals surface area contributed by atoms with Crippen LogP contribution in [0.15, 0.2) is 41.0 Å². The Balaban J connectivity index is 1.62. The van der Waals surface area contributed by atoms with Crippen molar-refractivity contribution in [3.05, 3.63) is 52.3 Å². The number of rotatable bonds is 4. The van der Waals surface area contributed by atoms with Crippen molar-refractivity contribution in [1.29, 1.82) is 0 Å². The van der Waals surface area contributed by atoms with E-state index in [-0.39, 0.29) is 12.1 Å². The maximum atomic E-state index is 6.37. The Bertz CT molecular complexity index is 746. The van der Waals surface area contributed by atoms with E-state index in [1.165, 1.54) is 18.4 Å². The number of hydrogen-bond donors (Lipinski definition) is 0. The normalized spacial score (nSPS) is 23.5. The molecule has 1 aromatic heterocycles. The number of pyridine rings is 1. The Morgan fingerprint density at radius 3 is 2.64 bits per heavy atom. The summed E-state index contributed by atoms with van der Waals surface area (Å²) in [6.07, 6.45) is 2.80. The Morgan fingerprint density at radius 2 is 1.96 bits per heavy atom. The molecule has 2 aromatic rings. The molecule has 1 saturated carbocycles. The number of benzene rings is 1. The van der Waals surface area contributed by atoms with E-state index in [1.807, 2.05) is 18.2 Å². The lowest BCUT2D eigenvalue weighted by molar-refractivity contribution is 0.109. The first-order valence-electron chi connectivity index (χ1n) is 8.84. The number of halogens is 1. The molecule has 132 valence electrons. The SMILES string of the molecule is COc1ccc(CN2C[C@@H](C3CC3)Oc3ccc(Br)nc3C2C)cc1. The molecule has 1 fully saturated rings. The molecule has 0 amide bonds. The van der Waals surface area contributed by atoms with Crippen LogP contribution in [0.25, 0.3) is 0 Å². The van der Waals surface area contributed by atoms with Crippen molar-refractivity contribution < 1.29 is 9.47 Å². The third kappa shape index (κ3) is 3.67. The molecule has 1 unspecified atom stereocenters. The number of fused-ring (bicyclic) bond motifs is 1. The van der Waals surface area contributed by atoms with Crippen molar-refractivity contribution in [1.82, 2.24) is 9.88 Å². The van der Waals surface area contributed by atoms with Crippen LogP contribution in [0.1, 0.15) is 37.1 Å². The Morgan fingerprint density at radius 1 is 1.20 bits per heavy atom. The fourth-order valence-corrected chi connectivity index (χ4v) is 3.80. The van der Waals surface area contributed by atoms with Crippen LogP contribution in [0.3, 0.4) is 0 Å². The maximum absolute atomic E-state index is 6.37. The van der Waals surface area contributed by atoms with Gasteiger partial charge in [-0.1, -0.05) is 12.1 Å². The van der Waals surface area contributed by atoms with Crippen LogP contribution < -0.4 is 9.47 Å². The molecule has 25 heavy (non-hydrogen) atoms. The highest BCUT2D eigenvalue weighted by molar-refractivity contribution is 9.10. The summed E-state index contributed by atoms with van der Waals surface area (Å²) in [7, 11) is 1.70. The van der Waals surface area contributed by atoms with E-state index in [9.17, 15) is 0 Å². The summed E-state index contributed by atoms with van der Waals surface area (Å²) in [4.78, 5) is 7.20. The number of ether oxygens (including phenoxy) is 2. The third-order valence-corrected chi connectivity index (χ3v) is 5.62. The Kier molecular flexibility index (Phi) is 4.69. The van der Waals surface area contributed by atoms with Gasteiger partial charge in [-0.3, -0.25) is 4.90 Å². The van der Waals surface area contributed by atoms with Gasteiger partial charge in [-0.25, -0.2) is 4.98 Å². The lowest BCUT2D eigenvalue weighted by Gasteiger charge is -2.28.